The Bertz CT molecular complexity index is 735. The zero-order chi connectivity index (χ0) is 15.9. The van der Waals surface area contributed by atoms with E-state index in [0.29, 0.717) is 23.2 Å². The third kappa shape index (κ3) is 2.00. The number of fused-ring (bicyclic) bond motifs is 1. The Balaban J connectivity index is 1.96. The minimum Gasteiger partial charge on any atom is -0.387 e. The van der Waals surface area contributed by atoms with Crippen molar-refractivity contribution in [3.8, 4) is 6.07 Å². The highest BCUT2D eigenvalue weighted by Gasteiger charge is 2.40. The van der Waals surface area contributed by atoms with Gasteiger partial charge in [-0.25, -0.2) is 0 Å². The monoisotopic (exact) mass is 298 g/mol. The first-order valence-corrected chi connectivity index (χ1v) is 6.95. The van der Waals surface area contributed by atoms with E-state index in [1.165, 1.54) is 4.90 Å². The van der Waals surface area contributed by atoms with Crippen molar-refractivity contribution in [2.24, 2.45) is 0 Å². The van der Waals surface area contributed by atoms with Crippen LogP contribution in [0, 0.1) is 11.3 Å². The molecule has 1 unspecified atom stereocenters. The van der Waals surface area contributed by atoms with E-state index in [1.54, 1.807) is 19.2 Å². The highest BCUT2D eigenvalue weighted by Crippen LogP contribution is 2.34. The van der Waals surface area contributed by atoms with E-state index in [1.807, 2.05) is 0 Å². The van der Waals surface area contributed by atoms with Crippen molar-refractivity contribution in [3.63, 3.8) is 0 Å². The molecule has 2 heterocycles. The molecule has 2 aliphatic rings. The predicted molar refractivity (Wildman–Crippen MR) is 76.7 cm³/mol. The number of benzene rings is 1. The van der Waals surface area contributed by atoms with E-state index in [0.717, 1.165) is 5.56 Å². The van der Waals surface area contributed by atoms with Gasteiger partial charge in [-0.1, -0.05) is 0 Å². The molecular formula is C15H14N4O3. The molecule has 1 saturated heterocycles. The number of nitriles is 1. The highest BCUT2D eigenvalue weighted by atomic mass is 16.2. The van der Waals surface area contributed by atoms with Gasteiger partial charge < -0.3 is 10.2 Å². The summed E-state index contributed by atoms with van der Waals surface area (Å²) in [5, 5.41) is 14.4. The molecule has 2 aliphatic heterocycles. The van der Waals surface area contributed by atoms with Gasteiger partial charge in [-0.3, -0.25) is 19.7 Å². The Kier molecular flexibility index (Phi) is 3.29. The molecule has 7 nitrogen and oxygen atoms in total. The summed E-state index contributed by atoms with van der Waals surface area (Å²) in [5.74, 6) is -0.998. The van der Waals surface area contributed by atoms with Crippen molar-refractivity contribution in [3.05, 3.63) is 28.8 Å². The van der Waals surface area contributed by atoms with E-state index in [9.17, 15) is 14.4 Å². The minimum absolute atomic E-state index is 0.221. The van der Waals surface area contributed by atoms with Crippen LogP contribution in [0.5, 0.6) is 0 Å². The third-order valence-corrected chi connectivity index (χ3v) is 4.09. The summed E-state index contributed by atoms with van der Waals surface area (Å²) >= 11 is 0. The van der Waals surface area contributed by atoms with Gasteiger partial charge in [0.25, 0.3) is 5.91 Å². The molecule has 0 aromatic heterocycles. The summed E-state index contributed by atoms with van der Waals surface area (Å²) in [4.78, 5) is 37.2. The van der Waals surface area contributed by atoms with Crippen LogP contribution in [0.2, 0.25) is 0 Å². The lowest BCUT2D eigenvalue weighted by Gasteiger charge is -2.29. The number of piperidine rings is 1. The summed E-state index contributed by atoms with van der Waals surface area (Å²) in [5.41, 5.74) is 2.28. The predicted octanol–water partition coefficient (Wildman–Crippen LogP) is 0.361. The van der Waals surface area contributed by atoms with Gasteiger partial charge in [0.1, 0.15) is 12.1 Å². The number of hydrogen-bond acceptors (Lipinski definition) is 5. The fraction of sp³-hybridized carbons (Fsp3) is 0.333. The fourth-order valence-corrected chi connectivity index (χ4v) is 3.02. The van der Waals surface area contributed by atoms with Gasteiger partial charge in [0, 0.05) is 31.1 Å². The van der Waals surface area contributed by atoms with E-state index >= 15 is 0 Å². The molecule has 0 bridgehead atoms. The second-order valence-corrected chi connectivity index (χ2v) is 5.28. The molecule has 1 atom stereocenters. The van der Waals surface area contributed by atoms with Gasteiger partial charge in [-0.2, -0.15) is 5.26 Å². The molecule has 3 rings (SSSR count). The minimum atomic E-state index is -0.646. The van der Waals surface area contributed by atoms with Crippen molar-refractivity contribution in [2.75, 3.05) is 12.4 Å². The van der Waals surface area contributed by atoms with Crippen molar-refractivity contribution < 1.29 is 14.4 Å². The van der Waals surface area contributed by atoms with E-state index in [4.69, 9.17) is 5.26 Å². The van der Waals surface area contributed by atoms with Gasteiger partial charge in [0.15, 0.2) is 0 Å². The first-order valence-electron chi connectivity index (χ1n) is 6.95. The molecule has 1 aromatic carbocycles. The van der Waals surface area contributed by atoms with Crippen molar-refractivity contribution >= 4 is 23.4 Å². The molecular weight excluding hydrogens is 284 g/mol. The fourth-order valence-electron chi connectivity index (χ4n) is 3.02. The van der Waals surface area contributed by atoms with Crippen molar-refractivity contribution in [1.29, 1.82) is 5.26 Å². The second-order valence-electron chi connectivity index (χ2n) is 5.28. The molecule has 1 fully saturated rings. The molecule has 112 valence electrons. The topological polar surface area (TPSA) is 102 Å². The Morgan fingerprint density at radius 2 is 2.14 bits per heavy atom. The number of hydrogen-bond donors (Lipinski definition) is 2. The largest absolute Gasteiger partial charge is 0.387 e. The lowest BCUT2D eigenvalue weighted by Crippen LogP contribution is -2.52. The van der Waals surface area contributed by atoms with Crippen LogP contribution in [-0.4, -0.2) is 35.7 Å². The SMILES string of the molecule is CNc1c(C#N)ccc2c1CN(C1CCC(=O)NC1=O)C2=O. The average molecular weight is 298 g/mol. The number of imide groups is 1. The van der Waals surface area contributed by atoms with Crippen LogP contribution >= 0.6 is 0 Å². The number of nitrogens with one attached hydrogen (secondary N) is 2. The zero-order valence-corrected chi connectivity index (χ0v) is 12.0. The number of nitrogens with zero attached hydrogens (tertiary/aromatic N) is 2. The van der Waals surface area contributed by atoms with Crippen LogP contribution in [0.3, 0.4) is 0 Å². The quantitative estimate of drug-likeness (QED) is 0.768. The van der Waals surface area contributed by atoms with Crippen LogP contribution in [0.1, 0.15) is 34.3 Å². The standard InChI is InChI=1S/C15H14N4O3/c1-17-13-8(6-16)2-3-9-10(13)7-19(15(9)22)11-4-5-12(20)18-14(11)21/h2-3,11,17H,4-5,7H2,1H3,(H,18,20,21). The van der Waals surface area contributed by atoms with Gasteiger partial charge in [0.2, 0.25) is 11.8 Å². The van der Waals surface area contributed by atoms with Crippen molar-refractivity contribution in [2.45, 2.75) is 25.4 Å². The number of rotatable bonds is 2. The maximum Gasteiger partial charge on any atom is 0.255 e. The first-order chi connectivity index (χ1) is 10.6. The van der Waals surface area contributed by atoms with Gasteiger partial charge >= 0.3 is 0 Å². The van der Waals surface area contributed by atoms with Crippen molar-refractivity contribution in [1.82, 2.24) is 10.2 Å². The van der Waals surface area contributed by atoms with Gasteiger partial charge in [-0.05, 0) is 18.6 Å². The van der Waals surface area contributed by atoms with Crippen LogP contribution in [0.4, 0.5) is 5.69 Å². The highest BCUT2D eigenvalue weighted by molar-refractivity contribution is 6.06. The number of carbonyl (C=O) groups excluding carboxylic acids is 3. The summed E-state index contributed by atoms with van der Waals surface area (Å²) in [6.07, 6.45) is 0.545. The number of amides is 3. The molecule has 0 aliphatic carbocycles. The first kappa shape index (κ1) is 14.1. The Hall–Kier alpha value is -2.88. The zero-order valence-electron chi connectivity index (χ0n) is 12.0. The number of anilines is 1. The summed E-state index contributed by atoms with van der Waals surface area (Å²) in [6, 6.07) is 4.65. The molecule has 0 spiro atoms. The van der Waals surface area contributed by atoms with Gasteiger partial charge in [-0.15, -0.1) is 0 Å². The van der Waals surface area contributed by atoms with Gasteiger partial charge in [0.05, 0.1) is 11.3 Å². The molecule has 0 saturated carbocycles. The normalized spacial score (nSPS) is 20.5. The lowest BCUT2D eigenvalue weighted by molar-refractivity contribution is -0.136. The number of carbonyl (C=O) groups is 3. The summed E-state index contributed by atoms with van der Waals surface area (Å²) < 4.78 is 0. The maximum atomic E-state index is 12.5. The molecule has 3 amide bonds. The second kappa shape index (κ2) is 5.15. The van der Waals surface area contributed by atoms with Crippen LogP contribution < -0.4 is 10.6 Å². The van der Waals surface area contributed by atoms with Crippen LogP contribution in [-0.2, 0) is 16.1 Å². The Morgan fingerprint density at radius 1 is 1.36 bits per heavy atom. The Morgan fingerprint density at radius 3 is 2.77 bits per heavy atom. The Labute approximate surface area is 126 Å². The molecule has 7 heteroatoms. The van der Waals surface area contributed by atoms with E-state index < -0.39 is 11.9 Å². The lowest BCUT2D eigenvalue weighted by atomic mass is 10.0. The third-order valence-electron chi connectivity index (χ3n) is 4.09. The summed E-state index contributed by atoms with van der Waals surface area (Å²) in [6.45, 7) is 0.256. The molecule has 22 heavy (non-hydrogen) atoms. The molecule has 1 aromatic rings. The van der Waals surface area contributed by atoms with E-state index in [2.05, 4.69) is 16.7 Å². The molecule has 0 radical (unpaired) electrons. The smallest absolute Gasteiger partial charge is 0.255 e. The maximum absolute atomic E-state index is 12.5. The van der Waals surface area contributed by atoms with Crippen LogP contribution in [0.25, 0.3) is 0 Å². The van der Waals surface area contributed by atoms with Crippen LogP contribution in [0.15, 0.2) is 12.1 Å². The molecule has 2 N–H and O–H groups in total. The summed E-state index contributed by atoms with van der Waals surface area (Å²) in [7, 11) is 1.69. The van der Waals surface area contributed by atoms with E-state index in [-0.39, 0.29) is 24.8 Å². The average Bonchev–Trinajstić information content (AvgIpc) is 2.83.